The van der Waals surface area contributed by atoms with Crippen molar-refractivity contribution in [3.05, 3.63) is 77.8 Å². The minimum Gasteiger partial charge on any atom is -0.492 e. The quantitative estimate of drug-likeness (QED) is 0.555. The van der Waals surface area contributed by atoms with E-state index >= 15 is 0 Å². The van der Waals surface area contributed by atoms with Gasteiger partial charge in [-0.15, -0.1) is 0 Å². The number of carbonyl (C=O) groups excluding carboxylic acids is 2. The van der Waals surface area contributed by atoms with Crippen molar-refractivity contribution in [2.45, 2.75) is 0 Å². The molecule has 0 saturated carbocycles. The van der Waals surface area contributed by atoms with Crippen LogP contribution in [-0.2, 0) is 9.59 Å². The fraction of sp³-hybridized carbons (Fsp3) is 0.167. The molecular formula is C24H21ClN2O5. The number of hydrogen-bond acceptors (Lipinski definition) is 5. The minimum atomic E-state index is -0.320. The highest BCUT2D eigenvalue weighted by Gasteiger charge is 2.25. The van der Waals surface area contributed by atoms with Crippen LogP contribution in [0.5, 0.6) is 17.2 Å². The Morgan fingerprint density at radius 3 is 2.53 bits per heavy atom. The van der Waals surface area contributed by atoms with E-state index in [1.165, 1.54) is 0 Å². The number of amides is 2. The molecule has 0 fully saturated rings. The maximum Gasteiger partial charge on any atom is 0.265 e. The van der Waals surface area contributed by atoms with E-state index in [4.69, 9.17) is 25.8 Å². The first-order valence-corrected chi connectivity index (χ1v) is 10.4. The van der Waals surface area contributed by atoms with E-state index in [0.717, 1.165) is 5.75 Å². The van der Waals surface area contributed by atoms with Gasteiger partial charge in [0.2, 0.25) is 0 Å². The Labute approximate surface area is 190 Å². The smallest absolute Gasteiger partial charge is 0.265 e. The van der Waals surface area contributed by atoms with Gasteiger partial charge in [0.25, 0.3) is 11.8 Å². The van der Waals surface area contributed by atoms with Crippen molar-refractivity contribution >= 4 is 34.8 Å². The van der Waals surface area contributed by atoms with E-state index in [2.05, 4.69) is 5.32 Å². The molecule has 32 heavy (non-hydrogen) atoms. The molecule has 7 nitrogen and oxygen atoms in total. The maximum atomic E-state index is 12.4. The Morgan fingerprint density at radius 2 is 1.75 bits per heavy atom. The van der Waals surface area contributed by atoms with Crippen molar-refractivity contribution in [3.8, 4) is 17.2 Å². The van der Waals surface area contributed by atoms with Crippen molar-refractivity contribution in [3.63, 3.8) is 0 Å². The van der Waals surface area contributed by atoms with E-state index in [9.17, 15) is 9.59 Å². The predicted molar refractivity (Wildman–Crippen MR) is 122 cm³/mol. The molecule has 0 unspecified atom stereocenters. The largest absolute Gasteiger partial charge is 0.492 e. The highest BCUT2D eigenvalue weighted by atomic mass is 35.5. The number of para-hydroxylation sites is 1. The van der Waals surface area contributed by atoms with Gasteiger partial charge in [-0.2, -0.15) is 0 Å². The molecule has 3 aromatic carbocycles. The lowest BCUT2D eigenvalue weighted by Gasteiger charge is -2.29. The second-order valence-corrected chi connectivity index (χ2v) is 7.41. The molecule has 0 atom stereocenters. The molecule has 1 heterocycles. The fourth-order valence-electron chi connectivity index (χ4n) is 3.18. The monoisotopic (exact) mass is 452 g/mol. The van der Waals surface area contributed by atoms with E-state index in [-0.39, 0.29) is 25.0 Å². The first-order chi connectivity index (χ1) is 15.6. The number of hydrogen-bond donors (Lipinski definition) is 1. The average Bonchev–Trinajstić information content (AvgIpc) is 2.81. The summed E-state index contributed by atoms with van der Waals surface area (Å²) in [6, 6.07) is 21.3. The number of halogens is 1. The van der Waals surface area contributed by atoms with E-state index < -0.39 is 0 Å². The Bertz CT molecular complexity index is 1090. The van der Waals surface area contributed by atoms with Gasteiger partial charge >= 0.3 is 0 Å². The van der Waals surface area contributed by atoms with Crippen LogP contribution in [0.25, 0.3) is 0 Å². The second-order valence-electron chi connectivity index (χ2n) is 6.97. The van der Waals surface area contributed by atoms with Crippen LogP contribution in [0.2, 0.25) is 5.02 Å². The van der Waals surface area contributed by atoms with Crippen LogP contribution in [-0.4, -0.2) is 38.2 Å². The molecule has 0 saturated heterocycles. The fourth-order valence-corrected chi connectivity index (χ4v) is 3.30. The van der Waals surface area contributed by atoms with Gasteiger partial charge in [-0.05, 0) is 48.5 Å². The summed E-state index contributed by atoms with van der Waals surface area (Å²) in [5.74, 6) is 1.33. The van der Waals surface area contributed by atoms with Gasteiger partial charge in [0.05, 0.1) is 12.2 Å². The zero-order chi connectivity index (χ0) is 22.3. The normalized spacial score (nSPS) is 12.5. The molecule has 4 rings (SSSR count). The molecule has 0 spiro atoms. The number of rotatable bonds is 8. The Morgan fingerprint density at radius 1 is 1.00 bits per heavy atom. The molecule has 1 aliphatic rings. The van der Waals surface area contributed by atoms with Crippen LogP contribution < -0.4 is 24.4 Å². The van der Waals surface area contributed by atoms with Crippen LogP contribution >= 0.6 is 11.6 Å². The first kappa shape index (κ1) is 21.5. The summed E-state index contributed by atoms with van der Waals surface area (Å²) >= 11 is 5.84. The summed E-state index contributed by atoms with van der Waals surface area (Å²) in [6.45, 7) is 0.497. The number of ether oxygens (including phenoxy) is 3. The van der Waals surface area contributed by atoms with Gasteiger partial charge in [-0.1, -0.05) is 29.8 Å². The molecule has 164 valence electrons. The van der Waals surface area contributed by atoms with E-state index in [1.54, 1.807) is 47.4 Å². The van der Waals surface area contributed by atoms with Gasteiger partial charge in [0.15, 0.2) is 13.2 Å². The van der Waals surface area contributed by atoms with Crippen molar-refractivity contribution < 1.29 is 23.8 Å². The SMILES string of the molecule is O=C(COc1ccc(Cl)cc1)Nc1ccc2c(c1)OCC(=O)N2CCOc1ccccc1. The molecule has 3 aromatic rings. The Kier molecular flexibility index (Phi) is 6.77. The molecule has 8 heteroatoms. The molecule has 2 amide bonds. The molecule has 1 aliphatic heterocycles. The van der Waals surface area contributed by atoms with Gasteiger partial charge in [0.1, 0.15) is 23.9 Å². The van der Waals surface area contributed by atoms with Gasteiger partial charge in [0, 0.05) is 16.8 Å². The number of benzene rings is 3. The topological polar surface area (TPSA) is 77.1 Å². The standard InChI is InChI=1S/C24H21ClN2O5/c25-17-6-9-20(10-7-17)31-15-23(28)26-18-8-11-21-22(14-18)32-16-24(29)27(21)12-13-30-19-4-2-1-3-5-19/h1-11,14H,12-13,15-16H2,(H,26,28). The number of nitrogens with one attached hydrogen (secondary N) is 1. The van der Waals surface area contributed by atoms with Crippen LogP contribution in [0, 0.1) is 0 Å². The highest BCUT2D eigenvalue weighted by Crippen LogP contribution is 2.34. The Balaban J connectivity index is 1.34. The van der Waals surface area contributed by atoms with Gasteiger partial charge in [-0.3, -0.25) is 9.59 Å². The number of carbonyl (C=O) groups is 2. The highest BCUT2D eigenvalue weighted by molar-refractivity contribution is 6.30. The lowest BCUT2D eigenvalue weighted by Crippen LogP contribution is -2.41. The molecule has 0 aromatic heterocycles. The molecule has 0 radical (unpaired) electrons. The van der Waals surface area contributed by atoms with E-state index in [0.29, 0.717) is 41.0 Å². The summed E-state index contributed by atoms with van der Waals surface area (Å²) in [5.41, 5.74) is 1.18. The number of fused-ring (bicyclic) bond motifs is 1. The van der Waals surface area contributed by atoms with Crippen molar-refractivity contribution in [2.24, 2.45) is 0 Å². The van der Waals surface area contributed by atoms with Gasteiger partial charge < -0.3 is 24.4 Å². The van der Waals surface area contributed by atoms with Crippen LogP contribution in [0.1, 0.15) is 0 Å². The lowest BCUT2D eigenvalue weighted by atomic mass is 10.2. The zero-order valence-electron chi connectivity index (χ0n) is 17.1. The number of nitrogens with zero attached hydrogens (tertiary/aromatic N) is 1. The third kappa shape index (κ3) is 5.50. The lowest BCUT2D eigenvalue weighted by molar-refractivity contribution is -0.121. The van der Waals surface area contributed by atoms with Crippen LogP contribution in [0.3, 0.4) is 0 Å². The predicted octanol–water partition coefficient (Wildman–Crippen LogP) is 4.16. The minimum absolute atomic E-state index is 0.0740. The average molecular weight is 453 g/mol. The summed E-state index contributed by atoms with van der Waals surface area (Å²) in [6.07, 6.45) is 0. The van der Waals surface area contributed by atoms with Crippen LogP contribution in [0.4, 0.5) is 11.4 Å². The third-order valence-electron chi connectivity index (χ3n) is 4.70. The third-order valence-corrected chi connectivity index (χ3v) is 4.95. The van der Waals surface area contributed by atoms with Crippen molar-refractivity contribution in [1.82, 2.24) is 0 Å². The molecule has 0 bridgehead atoms. The first-order valence-electron chi connectivity index (χ1n) is 10.0. The number of anilines is 2. The summed E-state index contributed by atoms with van der Waals surface area (Å²) in [4.78, 5) is 26.2. The molecule has 1 N–H and O–H groups in total. The summed E-state index contributed by atoms with van der Waals surface area (Å²) < 4.78 is 16.7. The maximum absolute atomic E-state index is 12.4. The zero-order valence-corrected chi connectivity index (χ0v) is 17.9. The summed E-state index contributed by atoms with van der Waals surface area (Å²) in [5, 5.41) is 3.36. The van der Waals surface area contributed by atoms with E-state index in [1.807, 2.05) is 30.3 Å². The molecule has 0 aliphatic carbocycles. The second kappa shape index (κ2) is 10.1. The van der Waals surface area contributed by atoms with Crippen molar-refractivity contribution in [2.75, 3.05) is 36.6 Å². The van der Waals surface area contributed by atoms with Crippen molar-refractivity contribution in [1.29, 1.82) is 0 Å². The Hall–Kier alpha value is -3.71. The van der Waals surface area contributed by atoms with Crippen LogP contribution in [0.15, 0.2) is 72.8 Å². The summed E-state index contributed by atoms with van der Waals surface area (Å²) in [7, 11) is 0. The molecular weight excluding hydrogens is 432 g/mol. The van der Waals surface area contributed by atoms with Gasteiger partial charge in [-0.25, -0.2) is 0 Å².